The Balaban J connectivity index is 0.000000143. The average Bonchev–Trinajstić information content (AvgIpc) is 1.60. The van der Waals surface area contributed by atoms with Gasteiger partial charge in [0.25, 0.3) is 0 Å². The molecule has 12 nitrogen and oxygen atoms in total. The SMILES string of the molecule is CC(C)(C)c1cc(-c2cccc(-n3c4[c-]c(-c5ccccn5)ccc4c4ccccc43)n2)c(O)c(C(C)(C)C)c1.Cc1cc(C)c(O)c(-c2cccc(-n3c4[c-]c(-c5ccccn5)ccc4c4ccccc43)n2)c1.Oc1ccccc1-c1cccc(-n2c3[c-]c(-c4ccccn4)ccc3c3ccccc32)n1.[Pt].[Pt].[Pt]. The molecule has 0 spiro atoms. The number of hydrogen-bond acceptors (Lipinski definition) is 9. The second-order valence-electron chi connectivity index (χ2n) is 28.7. The van der Waals surface area contributed by atoms with Gasteiger partial charge in [-0.1, -0.05) is 191 Å². The normalized spacial score (nSPS) is 11.4. The van der Waals surface area contributed by atoms with Gasteiger partial charge in [0.05, 0.1) is 17.1 Å². The molecule has 9 heterocycles. The van der Waals surface area contributed by atoms with Crippen molar-refractivity contribution in [1.82, 2.24) is 43.6 Å². The minimum atomic E-state index is -0.221. The number of phenolic OH excluding ortho intramolecular Hbond substituents is 3. The van der Waals surface area contributed by atoms with Crippen molar-refractivity contribution >= 4 is 65.4 Å². The van der Waals surface area contributed by atoms with Crippen molar-refractivity contribution in [2.75, 3.05) is 0 Å². The second-order valence-corrected chi connectivity index (χ2v) is 28.7. The molecule has 0 amide bonds. The number of aromatic hydroxyl groups is 3. The van der Waals surface area contributed by atoms with E-state index in [4.69, 9.17) is 15.0 Å². The maximum Gasteiger partial charge on any atom is 0.136 e. The first-order chi connectivity index (χ1) is 51.4. The Bertz CT molecular complexity index is 6380. The molecule has 18 rings (SSSR count). The predicted molar refractivity (Wildman–Crippen MR) is 430 cm³/mol. The van der Waals surface area contributed by atoms with E-state index in [-0.39, 0.29) is 91.3 Å². The predicted octanol–water partition coefficient (Wildman–Crippen LogP) is 22.4. The van der Waals surface area contributed by atoms with E-state index in [9.17, 15) is 15.3 Å². The Kier molecular flexibility index (Phi) is 22.0. The van der Waals surface area contributed by atoms with E-state index in [1.165, 1.54) is 5.56 Å². The summed E-state index contributed by atoms with van der Waals surface area (Å²) >= 11 is 0. The van der Waals surface area contributed by atoms with E-state index in [0.29, 0.717) is 11.3 Å². The average molecular weight is 1960 g/mol. The number of benzene rings is 9. The maximum absolute atomic E-state index is 11.5. The van der Waals surface area contributed by atoms with Gasteiger partial charge >= 0.3 is 0 Å². The van der Waals surface area contributed by atoms with Crippen LogP contribution in [0, 0.1) is 32.0 Å². The van der Waals surface area contributed by atoms with Crippen molar-refractivity contribution < 1.29 is 78.5 Å². The summed E-state index contributed by atoms with van der Waals surface area (Å²) in [5, 5.41) is 39.4. The Labute approximate surface area is 676 Å². The number of rotatable bonds is 9. The van der Waals surface area contributed by atoms with E-state index in [1.807, 2.05) is 172 Å². The summed E-state index contributed by atoms with van der Waals surface area (Å²) in [5.41, 5.74) is 19.5. The third-order valence-corrected chi connectivity index (χ3v) is 19.4. The summed E-state index contributed by atoms with van der Waals surface area (Å²) in [4.78, 5) is 28.6. The molecule has 18 aromatic rings. The van der Waals surface area contributed by atoms with Gasteiger partial charge in [-0.15, -0.1) is 71.3 Å². The van der Waals surface area contributed by atoms with Gasteiger partial charge in [0.2, 0.25) is 0 Å². The first kappa shape index (κ1) is 76.0. The molecule has 9 aromatic heterocycles. The van der Waals surface area contributed by atoms with Gasteiger partial charge in [-0.25, -0.2) is 15.0 Å². The monoisotopic (exact) mass is 1960 g/mol. The van der Waals surface area contributed by atoms with Gasteiger partial charge in [0.15, 0.2) is 0 Å². The summed E-state index contributed by atoms with van der Waals surface area (Å²) < 4.78 is 6.43. The first-order valence-electron chi connectivity index (χ1n) is 35.4. The molecule has 0 fully saturated rings. The van der Waals surface area contributed by atoms with Gasteiger partial charge in [-0.3, -0.25) is 0 Å². The van der Waals surface area contributed by atoms with Crippen LogP contribution in [0.2, 0.25) is 0 Å². The molecule has 109 heavy (non-hydrogen) atoms. The summed E-state index contributed by atoms with van der Waals surface area (Å²) in [7, 11) is 0. The maximum atomic E-state index is 11.5. The molecular formula is C94H74N9O3Pt3-3. The largest absolute Gasteiger partial charge is 0.507 e. The van der Waals surface area contributed by atoms with Crippen LogP contribution in [-0.4, -0.2) is 58.9 Å². The summed E-state index contributed by atoms with van der Waals surface area (Å²) in [5.74, 6) is 3.08. The molecule has 3 N–H and O–H groups in total. The molecule has 0 unspecified atom stereocenters. The molecule has 546 valence electrons. The number of phenols is 3. The van der Waals surface area contributed by atoms with Crippen molar-refractivity contribution in [2.24, 2.45) is 0 Å². The van der Waals surface area contributed by atoms with Crippen molar-refractivity contribution in [3.63, 3.8) is 0 Å². The Morgan fingerprint density at radius 3 is 1.05 bits per heavy atom. The number of hydrogen-bond donors (Lipinski definition) is 3. The van der Waals surface area contributed by atoms with Crippen LogP contribution in [0.25, 0.3) is 150 Å². The van der Waals surface area contributed by atoms with Crippen LogP contribution < -0.4 is 0 Å². The molecule has 0 aliphatic rings. The van der Waals surface area contributed by atoms with Crippen molar-refractivity contribution in [1.29, 1.82) is 0 Å². The van der Waals surface area contributed by atoms with Crippen LogP contribution in [0.1, 0.15) is 63.8 Å². The van der Waals surface area contributed by atoms with Gasteiger partial charge in [0.1, 0.15) is 34.7 Å². The third kappa shape index (κ3) is 14.9. The standard InChI is InChI=1S/C36H34N3O.C30H22N3O.C28H18N3O.3Pt/c1-35(2,3)24-21-27(34(40)28(22-24)36(4,5)6)30-14-11-16-33(38-30)39-31-15-8-7-12-25(31)26-18-17-23(20-32(26)39)29-13-9-10-19-37-29;1-19-16-20(2)30(34)24(17-19)26-10-7-12-29(32-26)33-27-11-4-3-8-22(27)23-14-13-21(18-28(23)33)25-9-5-6-15-31-25;32-27-13-4-2-9-22(27)24-11-7-14-28(30-24)31-25-12-3-1-8-20(25)21-16-15-19(18-26(21)31)23-10-5-6-17-29-23;;;/h7-19,21-22,40H,1-6H3;3-17,34H,1-2H3;1-17,32H;;;/q3*-1;;;. The quantitative estimate of drug-likeness (QED) is 0.120. The summed E-state index contributed by atoms with van der Waals surface area (Å²) in [6.07, 6.45) is 5.39. The summed E-state index contributed by atoms with van der Waals surface area (Å²) in [6.45, 7) is 16.9. The topological polar surface area (TPSA) is 153 Å². The minimum absolute atomic E-state index is 0. The molecule has 0 atom stereocenters. The Hall–Kier alpha value is -11.3. The van der Waals surface area contributed by atoms with E-state index in [0.717, 1.165) is 156 Å². The van der Waals surface area contributed by atoms with Crippen LogP contribution in [0.3, 0.4) is 0 Å². The fourth-order valence-corrected chi connectivity index (χ4v) is 14.2. The second kappa shape index (κ2) is 31.5. The number of nitrogens with zero attached hydrogens (tertiary/aromatic N) is 9. The molecular weight excluding hydrogens is 1890 g/mol. The van der Waals surface area contributed by atoms with Crippen LogP contribution >= 0.6 is 0 Å². The van der Waals surface area contributed by atoms with Gasteiger partial charge in [0, 0.05) is 121 Å². The molecule has 0 radical (unpaired) electrons. The smallest absolute Gasteiger partial charge is 0.136 e. The van der Waals surface area contributed by atoms with Gasteiger partial charge < -0.3 is 44.0 Å². The van der Waals surface area contributed by atoms with Crippen molar-refractivity contribution in [3.05, 3.63) is 326 Å². The molecule has 0 saturated carbocycles. The van der Waals surface area contributed by atoms with E-state index in [2.05, 4.69) is 192 Å². The molecule has 9 aromatic carbocycles. The fraction of sp³-hybridized carbons (Fsp3) is 0.106. The Morgan fingerprint density at radius 2 is 0.670 bits per heavy atom. The van der Waals surface area contributed by atoms with Crippen LogP contribution in [-0.2, 0) is 74.0 Å². The summed E-state index contributed by atoms with van der Waals surface area (Å²) in [6, 6.07) is 99.3. The Morgan fingerprint density at radius 1 is 0.312 bits per heavy atom. The molecule has 0 aliphatic carbocycles. The molecule has 15 heteroatoms. The van der Waals surface area contributed by atoms with E-state index in [1.54, 1.807) is 24.7 Å². The molecule has 0 saturated heterocycles. The van der Waals surface area contributed by atoms with Gasteiger partial charge in [-0.2, -0.15) is 0 Å². The number of para-hydroxylation sites is 4. The number of aryl methyl sites for hydroxylation is 2. The van der Waals surface area contributed by atoms with Crippen molar-refractivity contribution in [3.8, 4) is 102 Å². The third-order valence-electron chi connectivity index (χ3n) is 19.4. The minimum Gasteiger partial charge on any atom is -0.507 e. The fourth-order valence-electron chi connectivity index (χ4n) is 14.2. The number of pyridine rings is 6. The number of aromatic nitrogens is 9. The van der Waals surface area contributed by atoms with E-state index < -0.39 is 0 Å². The van der Waals surface area contributed by atoms with E-state index >= 15 is 0 Å². The van der Waals surface area contributed by atoms with Gasteiger partial charge in [-0.05, 0) is 188 Å². The van der Waals surface area contributed by atoms with Crippen LogP contribution in [0.5, 0.6) is 17.2 Å². The zero-order chi connectivity index (χ0) is 73.0. The van der Waals surface area contributed by atoms with Crippen LogP contribution in [0.15, 0.2) is 286 Å². The van der Waals surface area contributed by atoms with Crippen LogP contribution in [0.4, 0.5) is 0 Å². The van der Waals surface area contributed by atoms with Crippen molar-refractivity contribution in [2.45, 2.75) is 66.2 Å². The number of fused-ring (bicyclic) bond motifs is 9. The zero-order valence-electron chi connectivity index (χ0n) is 61.0. The molecule has 0 bridgehead atoms. The zero-order valence-corrected chi connectivity index (χ0v) is 67.8. The first-order valence-corrected chi connectivity index (χ1v) is 35.4. The molecule has 0 aliphatic heterocycles.